The SMILES string of the molecule is COc1cc2c(cc1OC)C(C1CC1)C[n+]1cc3c(OC)c(OC)ccc3cc1-2. The number of rotatable bonds is 5. The molecule has 29 heavy (non-hydrogen) atoms. The largest absolute Gasteiger partial charge is 0.493 e. The number of nitrogens with zero attached hydrogens (tertiary/aromatic N) is 1. The summed E-state index contributed by atoms with van der Waals surface area (Å²) in [5, 5.41) is 2.19. The van der Waals surface area contributed by atoms with E-state index in [1.165, 1.54) is 29.7 Å². The van der Waals surface area contributed by atoms with Crippen molar-refractivity contribution in [1.82, 2.24) is 0 Å². The van der Waals surface area contributed by atoms with Gasteiger partial charge in [-0.3, -0.25) is 0 Å². The third-order valence-corrected chi connectivity index (χ3v) is 6.32. The second-order valence-corrected chi connectivity index (χ2v) is 7.85. The monoisotopic (exact) mass is 392 g/mol. The maximum absolute atomic E-state index is 5.69. The minimum Gasteiger partial charge on any atom is -0.493 e. The Morgan fingerprint density at radius 2 is 1.55 bits per heavy atom. The molecule has 1 aromatic heterocycles. The lowest BCUT2D eigenvalue weighted by molar-refractivity contribution is -0.690. The lowest BCUT2D eigenvalue weighted by Crippen LogP contribution is -2.42. The summed E-state index contributed by atoms with van der Waals surface area (Å²) in [5.41, 5.74) is 3.78. The molecule has 1 saturated carbocycles. The van der Waals surface area contributed by atoms with E-state index in [-0.39, 0.29) is 0 Å². The number of ether oxygens (including phenoxy) is 4. The standard InChI is InChI=1S/C24H26NO4/c1-26-21-8-7-15-9-20-17-11-23(28-3)22(27-2)10-16(17)18(14-5-6-14)12-25(20)13-19(15)24(21)29-4/h7-11,13-14,18H,5-6,12H2,1-4H3/q+1. The van der Waals surface area contributed by atoms with Gasteiger partial charge in [-0.2, -0.15) is 4.57 Å². The number of fused-ring (bicyclic) bond motifs is 4. The topological polar surface area (TPSA) is 40.8 Å². The van der Waals surface area contributed by atoms with Crippen molar-refractivity contribution in [3.05, 3.63) is 42.1 Å². The lowest BCUT2D eigenvalue weighted by atomic mass is 9.84. The van der Waals surface area contributed by atoms with Gasteiger partial charge in [0.2, 0.25) is 5.69 Å². The van der Waals surface area contributed by atoms with E-state index in [9.17, 15) is 0 Å². The fourth-order valence-corrected chi connectivity index (χ4v) is 4.70. The minimum atomic E-state index is 0.483. The normalized spacial score (nSPS) is 17.4. The van der Waals surface area contributed by atoms with Crippen LogP contribution in [-0.4, -0.2) is 28.4 Å². The molecule has 150 valence electrons. The van der Waals surface area contributed by atoms with Crippen molar-refractivity contribution in [1.29, 1.82) is 0 Å². The van der Waals surface area contributed by atoms with Crippen LogP contribution in [0.3, 0.4) is 0 Å². The highest BCUT2D eigenvalue weighted by molar-refractivity contribution is 5.91. The first-order valence-corrected chi connectivity index (χ1v) is 10.0. The van der Waals surface area contributed by atoms with E-state index in [0.29, 0.717) is 5.92 Å². The fourth-order valence-electron chi connectivity index (χ4n) is 4.70. The molecule has 0 radical (unpaired) electrons. The first-order chi connectivity index (χ1) is 14.2. The summed E-state index contributed by atoms with van der Waals surface area (Å²) in [6.45, 7) is 0.957. The number of hydrogen-bond donors (Lipinski definition) is 0. The molecule has 2 aliphatic rings. The molecule has 1 fully saturated rings. The molecule has 5 heteroatoms. The molecule has 0 amide bonds. The molecule has 5 nitrogen and oxygen atoms in total. The molecule has 2 heterocycles. The maximum Gasteiger partial charge on any atom is 0.213 e. The van der Waals surface area contributed by atoms with Crippen LogP contribution < -0.4 is 23.5 Å². The van der Waals surface area contributed by atoms with Crippen LogP contribution in [0.25, 0.3) is 22.0 Å². The molecular formula is C24H26NO4+. The van der Waals surface area contributed by atoms with Gasteiger partial charge in [0.05, 0.1) is 39.4 Å². The fraction of sp³-hybridized carbons (Fsp3) is 0.375. The van der Waals surface area contributed by atoms with E-state index in [1.54, 1.807) is 28.4 Å². The molecule has 0 saturated heterocycles. The van der Waals surface area contributed by atoms with Gasteiger partial charge in [-0.15, -0.1) is 0 Å². The van der Waals surface area contributed by atoms with Gasteiger partial charge in [0, 0.05) is 12.0 Å². The van der Waals surface area contributed by atoms with Crippen LogP contribution in [-0.2, 0) is 6.54 Å². The molecular weight excluding hydrogens is 366 g/mol. The number of methoxy groups -OCH3 is 4. The summed E-state index contributed by atoms with van der Waals surface area (Å²) < 4.78 is 24.8. The number of aromatic nitrogens is 1. The summed E-state index contributed by atoms with van der Waals surface area (Å²) >= 11 is 0. The Morgan fingerprint density at radius 3 is 2.21 bits per heavy atom. The summed E-state index contributed by atoms with van der Waals surface area (Å²) in [7, 11) is 6.77. The second kappa shape index (κ2) is 6.83. The van der Waals surface area contributed by atoms with Crippen molar-refractivity contribution in [2.75, 3.05) is 28.4 Å². The molecule has 0 N–H and O–H groups in total. The van der Waals surface area contributed by atoms with Crippen molar-refractivity contribution in [3.63, 3.8) is 0 Å². The molecule has 1 aliphatic heterocycles. The Labute approximate surface area is 170 Å². The van der Waals surface area contributed by atoms with Crippen molar-refractivity contribution < 1.29 is 23.5 Å². The molecule has 0 bridgehead atoms. The smallest absolute Gasteiger partial charge is 0.213 e. The predicted octanol–water partition coefficient (Wildman–Crippen LogP) is 4.34. The third kappa shape index (κ3) is 2.79. The maximum atomic E-state index is 5.69. The quantitative estimate of drug-likeness (QED) is 0.606. The van der Waals surface area contributed by atoms with Crippen molar-refractivity contribution in [3.8, 4) is 34.3 Å². The molecule has 5 rings (SSSR count). The number of benzene rings is 2. The average Bonchev–Trinajstić information content (AvgIpc) is 3.60. The summed E-state index contributed by atoms with van der Waals surface area (Å²) in [6, 6.07) is 10.6. The Morgan fingerprint density at radius 1 is 0.828 bits per heavy atom. The van der Waals surface area contributed by atoms with Gasteiger partial charge in [0.1, 0.15) is 0 Å². The van der Waals surface area contributed by atoms with E-state index < -0.39 is 0 Å². The Bertz CT molecular complexity index is 1100. The summed E-state index contributed by atoms with van der Waals surface area (Å²) in [5.74, 6) is 4.31. The van der Waals surface area contributed by atoms with Crippen LogP contribution >= 0.6 is 0 Å². The molecule has 1 atom stereocenters. The summed E-state index contributed by atoms with van der Waals surface area (Å²) in [6.07, 6.45) is 4.79. The number of pyridine rings is 1. The minimum absolute atomic E-state index is 0.483. The van der Waals surface area contributed by atoms with Gasteiger partial charge in [0.15, 0.2) is 35.7 Å². The van der Waals surface area contributed by atoms with Crippen molar-refractivity contribution >= 4 is 10.8 Å². The zero-order valence-electron chi connectivity index (χ0n) is 17.3. The van der Waals surface area contributed by atoms with E-state index in [0.717, 1.165) is 46.2 Å². The Hall–Kier alpha value is -2.95. The highest BCUT2D eigenvalue weighted by Gasteiger charge is 2.41. The Kier molecular flexibility index (Phi) is 4.26. The van der Waals surface area contributed by atoms with Gasteiger partial charge in [-0.05, 0) is 54.0 Å². The second-order valence-electron chi connectivity index (χ2n) is 7.85. The van der Waals surface area contributed by atoms with E-state index in [4.69, 9.17) is 18.9 Å². The van der Waals surface area contributed by atoms with Gasteiger partial charge in [-0.25, -0.2) is 0 Å². The predicted molar refractivity (Wildman–Crippen MR) is 111 cm³/mol. The molecule has 3 aromatic rings. The average molecular weight is 392 g/mol. The first kappa shape index (κ1) is 18.1. The number of hydrogen-bond acceptors (Lipinski definition) is 4. The highest BCUT2D eigenvalue weighted by Crippen LogP contribution is 2.50. The van der Waals surface area contributed by atoms with Crippen LogP contribution in [0.5, 0.6) is 23.0 Å². The summed E-state index contributed by atoms with van der Waals surface area (Å²) in [4.78, 5) is 0. The van der Waals surface area contributed by atoms with Crippen molar-refractivity contribution in [2.24, 2.45) is 5.92 Å². The van der Waals surface area contributed by atoms with E-state index >= 15 is 0 Å². The Balaban J connectivity index is 1.77. The van der Waals surface area contributed by atoms with E-state index in [1.807, 2.05) is 6.07 Å². The molecule has 1 aliphatic carbocycles. The molecule has 1 unspecified atom stereocenters. The van der Waals surface area contributed by atoms with Crippen LogP contribution in [0.15, 0.2) is 36.5 Å². The molecule has 0 spiro atoms. The van der Waals surface area contributed by atoms with Gasteiger partial charge in [0.25, 0.3) is 0 Å². The van der Waals surface area contributed by atoms with Crippen LogP contribution in [0.1, 0.15) is 24.3 Å². The lowest BCUT2D eigenvalue weighted by Gasteiger charge is -2.25. The zero-order valence-corrected chi connectivity index (χ0v) is 17.3. The van der Waals surface area contributed by atoms with Gasteiger partial charge >= 0.3 is 0 Å². The van der Waals surface area contributed by atoms with Crippen molar-refractivity contribution in [2.45, 2.75) is 25.3 Å². The third-order valence-electron chi connectivity index (χ3n) is 6.32. The van der Waals surface area contributed by atoms with Crippen LogP contribution in [0.2, 0.25) is 0 Å². The zero-order chi connectivity index (χ0) is 20.1. The first-order valence-electron chi connectivity index (χ1n) is 10.0. The van der Waals surface area contributed by atoms with Gasteiger partial charge in [-0.1, -0.05) is 0 Å². The van der Waals surface area contributed by atoms with E-state index in [2.05, 4.69) is 35.0 Å². The van der Waals surface area contributed by atoms with Crippen LogP contribution in [0.4, 0.5) is 0 Å². The van der Waals surface area contributed by atoms with Crippen LogP contribution in [0, 0.1) is 5.92 Å². The highest BCUT2D eigenvalue weighted by atomic mass is 16.5. The van der Waals surface area contributed by atoms with Gasteiger partial charge < -0.3 is 18.9 Å². The molecule has 2 aromatic carbocycles.